The third kappa shape index (κ3) is 3.55. The van der Waals surface area contributed by atoms with Crippen molar-refractivity contribution in [3.63, 3.8) is 0 Å². The normalized spacial score (nSPS) is 17.8. The predicted octanol–water partition coefficient (Wildman–Crippen LogP) is 3.20. The van der Waals surface area contributed by atoms with Crippen molar-refractivity contribution in [2.45, 2.75) is 38.6 Å². The average Bonchev–Trinajstić information content (AvgIpc) is 2.26. The Morgan fingerprint density at radius 2 is 2.12 bits per heavy atom. The van der Waals surface area contributed by atoms with E-state index in [4.69, 9.17) is 10.5 Å². The lowest BCUT2D eigenvalue weighted by molar-refractivity contribution is 0.0961. The van der Waals surface area contributed by atoms with E-state index in [1.54, 1.807) is 0 Å². The molecule has 2 rings (SSSR count). The third-order valence-electron chi connectivity index (χ3n) is 3.78. The molecule has 2 heteroatoms. The van der Waals surface area contributed by atoms with Gasteiger partial charge in [0.2, 0.25) is 0 Å². The van der Waals surface area contributed by atoms with Gasteiger partial charge < -0.3 is 10.5 Å². The summed E-state index contributed by atoms with van der Waals surface area (Å²) in [7, 11) is 0. The molecule has 0 bridgehead atoms. The lowest BCUT2D eigenvalue weighted by Crippen LogP contribution is -2.20. The Balaban J connectivity index is 1.69. The van der Waals surface area contributed by atoms with Crippen LogP contribution in [-0.4, -0.2) is 13.2 Å². The molecule has 1 atom stereocenters. The quantitative estimate of drug-likeness (QED) is 0.766. The van der Waals surface area contributed by atoms with Crippen molar-refractivity contribution in [3.8, 4) is 0 Å². The molecule has 1 saturated carbocycles. The van der Waals surface area contributed by atoms with Crippen LogP contribution in [0.1, 0.15) is 42.9 Å². The second-order valence-corrected chi connectivity index (χ2v) is 5.12. The predicted molar refractivity (Wildman–Crippen MR) is 70.9 cm³/mol. The zero-order chi connectivity index (χ0) is 12.1. The van der Waals surface area contributed by atoms with E-state index in [1.165, 1.54) is 36.8 Å². The minimum atomic E-state index is 0.0117. The zero-order valence-electron chi connectivity index (χ0n) is 10.7. The maximum absolute atomic E-state index is 6.13. The maximum atomic E-state index is 6.13. The van der Waals surface area contributed by atoms with Crippen LogP contribution in [0.3, 0.4) is 0 Å². The van der Waals surface area contributed by atoms with Crippen molar-refractivity contribution in [2.24, 2.45) is 11.7 Å². The van der Waals surface area contributed by atoms with Crippen molar-refractivity contribution in [3.05, 3.63) is 35.4 Å². The second-order valence-electron chi connectivity index (χ2n) is 5.12. The Morgan fingerprint density at radius 3 is 2.76 bits per heavy atom. The highest BCUT2D eigenvalue weighted by Gasteiger charge is 2.17. The smallest absolute Gasteiger partial charge is 0.0659 e. The van der Waals surface area contributed by atoms with Crippen molar-refractivity contribution in [2.75, 3.05) is 13.2 Å². The molecule has 1 unspecified atom stereocenters. The fourth-order valence-electron chi connectivity index (χ4n) is 2.33. The highest BCUT2D eigenvalue weighted by molar-refractivity contribution is 5.28. The molecule has 1 aliphatic rings. The molecule has 0 aliphatic heterocycles. The zero-order valence-corrected chi connectivity index (χ0v) is 10.7. The van der Waals surface area contributed by atoms with Crippen LogP contribution in [-0.2, 0) is 4.74 Å². The summed E-state index contributed by atoms with van der Waals surface area (Å²) in [4.78, 5) is 0. The van der Waals surface area contributed by atoms with Gasteiger partial charge in [0.05, 0.1) is 12.6 Å². The minimum absolute atomic E-state index is 0.0117. The summed E-state index contributed by atoms with van der Waals surface area (Å²) in [5.74, 6) is 0.921. The molecule has 94 valence electrons. The molecular formula is C15H23NO. The molecule has 0 spiro atoms. The lowest BCUT2D eigenvalue weighted by Gasteiger charge is -2.25. The Kier molecular flexibility index (Phi) is 4.57. The fourth-order valence-corrected chi connectivity index (χ4v) is 2.33. The molecule has 0 saturated heterocycles. The van der Waals surface area contributed by atoms with E-state index in [0.29, 0.717) is 6.61 Å². The molecule has 1 aliphatic carbocycles. The number of rotatable bonds is 6. The first-order valence-corrected chi connectivity index (χ1v) is 6.66. The first kappa shape index (κ1) is 12.6. The third-order valence-corrected chi connectivity index (χ3v) is 3.78. The molecular weight excluding hydrogens is 210 g/mol. The largest absolute Gasteiger partial charge is 0.379 e. The van der Waals surface area contributed by atoms with Crippen LogP contribution in [0.4, 0.5) is 0 Å². The van der Waals surface area contributed by atoms with Gasteiger partial charge in [0.25, 0.3) is 0 Å². The van der Waals surface area contributed by atoms with Crippen LogP contribution in [0.5, 0.6) is 0 Å². The van der Waals surface area contributed by atoms with Crippen molar-refractivity contribution < 1.29 is 4.74 Å². The first-order chi connectivity index (χ1) is 8.27. The van der Waals surface area contributed by atoms with Crippen LogP contribution >= 0.6 is 0 Å². The van der Waals surface area contributed by atoms with E-state index < -0.39 is 0 Å². The van der Waals surface area contributed by atoms with Gasteiger partial charge in [-0.25, -0.2) is 0 Å². The molecule has 1 aromatic carbocycles. The Hall–Kier alpha value is -0.860. The topological polar surface area (TPSA) is 35.2 Å². The minimum Gasteiger partial charge on any atom is -0.379 e. The average molecular weight is 233 g/mol. The Morgan fingerprint density at radius 1 is 1.35 bits per heavy atom. The maximum Gasteiger partial charge on any atom is 0.0659 e. The van der Waals surface area contributed by atoms with Crippen LogP contribution in [0, 0.1) is 12.8 Å². The van der Waals surface area contributed by atoms with Gasteiger partial charge in [-0.3, -0.25) is 0 Å². The highest BCUT2D eigenvalue weighted by atomic mass is 16.5. The van der Waals surface area contributed by atoms with E-state index in [2.05, 4.69) is 19.1 Å². The summed E-state index contributed by atoms with van der Waals surface area (Å²) in [5.41, 5.74) is 8.59. The first-order valence-electron chi connectivity index (χ1n) is 6.66. The molecule has 0 aromatic heterocycles. The summed E-state index contributed by atoms with van der Waals surface area (Å²) < 4.78 is 5.69. The summed E-state index contributed by atoms with van der Waals surface area (Å²) in [5, 5.41) is 0. The molecule has 0 amide bonds. The van der Waals surface area contributed by atoms with E-state index >= 15 is 0 Å². The highest BCUT2D eigenvalue weighted by Crippen LogP contribution is 2.29. The lowest BCUT2D eigenvalue weighted by atomic mass is 9.83. The van der Waals surface area contributed by atoms with E-state index in [-0.39, 0.29) is 6.04 Å². The summed E-state index contributed by atoms with van der Waals surface area (Å²) >= 11 is 0. The van der Waals surface area contributed by atoms with Crippen LogP contribution in [0.25, 0.3) is 0 Å². The number of hydrogen-bond donors (Lipinski definition) is 1. The van der Waals surface area contributed by atoms with Crippen LogP contribution in [0.15, 0.2) is 24.3 Å². The molecule has 2 N–H and O–H groups in total. The van der Waals surface area contributed by atoms with Crippen molar-refractivity contribution in [1.29, 1.82) is 0 Å². The molecule has 1 aromatic rings. The fraction of sp³-hybridized carbons (Fsp3) is 0.600. The van der Waals surface area contributed by atoms with Crippen LogP contribution < -0.4 is 5.73 Å². The van der Waals surface area contributed by atoms with Crippen LogP contribution in [0.2, 0.25) is 0 Å². The van der Waals surface area contributed by atoms with Crippen molar-refractivity contribution in [1.82, 2.24) is 0 Å². The summed E-state index contributed by atoms with van der Waals surface area (Å²) in [6, 6.07) is 8.29. The van der Waals surface area contributed by atoms with E-state index in [0.717, 1.165) is 12.5 Å². The van der Waals surface area contributed by atoms with E-state index in [1.807, 2.05) is 12.1 Å². The SMILES string of the molecule is Cc1ccccc1C(N)COCCC1CCC1. The number of nitrogens with two attached hydrogens (primary N) is 1. The molecule has 2 nitrogen and oxygen atoms in total. The molecule has 0 heterocycles. The monoisotopic (exact) mass is 233 g/mol. The summed E-state index contributed by atoms with van der Waals surface area (Å²) in [6.07, 6.45) is 5.41. The van der Waals surface area contributed by atoms with Gasteiger partial charge >= 0.3 is 0 Å². The second kappa shape index (κ2) is 6.18. The van der Waals surface area contributed by atoms with Crippen molar-refractivity contribution >= 4 is 0 Å². The molecule has 0 radical (unpaired) electrons. The molecule has 17 heavy (non-hydrogen) atoms. The van der Waals surface area contributed by atoms with Gasteiger partial charge in [0.1, 0.15) is 0 Å². The van der Waals surface area contributed by atoms with Gasteiger partial charge in [0, 0.05) is 6.61 Å². The van der Waals surface area contributed by atoms with Gasteiger partial charge in [-0.2, -0.15) is 0 Å². The van der Waals surface area contributed by atoms with Gasteiger partial charge in [0.15, 0.2) is 0 Å². The van der Waals surface area contributed by atoms with E-state index in [9.17, 15) is 0 Å². The summed E-state index contributed by atoms with van der Waals surface area (Å²) in [6.45, 7) is 3.60. The number of aryl methyl sites for hydroxylation is 1. The van der Waals surface area contributed by atoms with Gasteiger partial charge in [-0.15, -0.1) is 0 Å². The number of ether oxygens (including phenoxy) is 1. The number of hydrogen-bond acceptors (Lipinski definition) is 2. The van der Waals surface area contributed by atoms with Gasteiger partial charge in [-0.05, 0) is 30.4 Å². The Labute approximate surface area is 104 Å². The van der Waals surface area contributed by atoms with Gasteiger partial charge in [-0.1, -0.05) is 43.5 Å². The Bertz CT molecular complexity index is 347. The molecule has 1 fully saturated rings. The standard InChI is InChI=1S/C15H23NO/c1-12-5-2-3-8-14(12)15(16)11-17-10-9-13-6-4-7-13/h2-3,5,8,13,15H,4,6-7,9-11,16H2,1H3. The number of benzene rings is 1.